The molecule has 0 fully saturated rings. The van der Waals surface area contributed by atoms with E-state index in [1.165, 1.54) is 0 Å². The van der Waals surface area contributed by atoms with E-state index in [2.05, 4.69) is 6.92 Å². The second kappa shape index (κ2) is 8.09. The Kier molecular flexibility index (Phi) is 9.98. The van der Waals surface area contributed by atoms with Crippen molar-refractivity contribution in [1.29, 1.82) is 0 Å². The molecule has 0 aliphatic rings. The number of carboxylic acid groups (broad SMARTS) is 1. The van der Waals surface area contributed by atoms with Crippen LogP contribution in [0.2, 0.25) is 0 Å². The molecule has 0 aromatic carbocycles. The Balaban J connectivity index is 0. The van der Waals surface area contributed by atoms with Gasteiger partial charge < -0.3 is 5.11 Å². The molecule has 0 amide bonds. The zero-order valence-electron chi connectivity index (χ0n) is 7.21. The fourth-order valence-corrected chi connectivity index (χ4v) is 0.953. The van der Waals surface area contributed by atoms with Gasteiger partial charge in [0, 0.05) is 0 Å². The van der Waals surface area contributed by atoms with Gasteiger partial charge in [0.05, 0.1) is 5.92 Å². The van der Waals surface area contributed by atoms with Gasteiger partial charge in [-0.25, -0.2) is 0 Å². The van der Waals surface area contributed by atoms with Gasteiger partial charge in [0.25, 0.3) is 0 Å². The number of aliphatic carboxylic acids is 1. The van der Waals surface area contributed by atoms with E-state index in [0.29, 0.717) is 0 Å². The van der Waals surface area contributed by atoms with Crippen molar-refractivity contribution in [2.75, 3.05) is 0 Å². The number of carbonyl (C=O) groups is 1. The van der Waals surface area contributed by atoms with Crippen molar-refractivity contribution in [1.82, 2.24) is 0 Å². The van der Waals surface area contributed by atoms with Crippen LogP contribution in [0.3, 0.4) is 0 Å². The molecular formula is C8H18MnO2. The van der Waals surface area contributed by atoms with Crippen molar-refractivity contribution in [3.63, 3.8) is 0 Å². The van der Waals surface area contributed by atoms with Crippen LogP contribution < -0.4 is 0 Å². The summed E-state index contributed by atoms with van der Waals surface area (Å²) in [4.78, 5) is 10.4. The van der Waals surface area contributed by atoms with Crippen LogP contribution in [0.1, 0.15) is 39.5 Å². The molecule has 0 saturated heterocycles. The Labute approximate surface area is 78.8 Å². The summed E-state index contributed by atoms with van der Waals surface area (Å²) >= 11 is 0. The Hall–Kier alpha value is -0.0105. The molecule has 1 atom stereocenters. The first kappa shape index (κ1) is 13.6. The van der Waals surface area contributed by atoms with Gasteiger partial charge in [-0.05, 0) is 12.8 Å². The van der Waals surface area contributed by atoms with Crippen LogP contribution in [0.25, 0.3) is 0 Å². The van der Waals surface area contributed by atoms with Gasteiger partial charge in [0.15, 0.2) is 0 Å². The van der Waals surface area contributed by atoms with Gasteiger partial charge in [-0.3, -0.25) is 4.79 Å². The van der Waals surface area contributed by atoms with Gasteiger partial charge in [0.1, 0.15) is 0 Å². The topological polar surface area (TPSA) is 37.3 Å². The maximum atomic E-state index is 10.4. The van der Waals surface area contributed by atoms with Crippen molar-refractivity contribution in [3.05, 3.63) is 0 Å². The van der Waals surface area contributed by atoms with Gasteiger partial charge in [-0.15, -0.1) is 0 Å². The molecule has 0 aromatic rings. The van der Waals surface area contributed by atoms with Gasteiger partial charge in [-0.2, -0.15) is 0 Å². The van der Waals surface area contributed by atoms with Crippen molar-refractivity contribution < 1.29 is 27.0 Å². The number of carboxylic acids is 1. The molecule has 1 N–H and O–H groups in total. The Morgan fingerprint density at radius 1 is 1.45 bits per heavy atom. The van der Waals surface area contributed by atoms with Gasteiger partial charge >= 0.3 is 23.0 Å². The first-order valence-corrected chi connectivity index (χ1v) is 3.95. The zero-order chi connectivity index (χ0) is 7.98. The van der Waals surface area contributed by atoms with Crippen LogP contribution in [-0.2, 0) is 21.9 Å². The molecule has 1 radical (unpaired) electrons. The predicted octanol–water partition coefficient (Wildman–Crippen LogP) is 1.75. The number of unbranched alkanes of at least 4 members (excludes halogenated alkanes) is 1. The Bertz CT molecular complexity index is 104. The van der Waals surface area contributed by atoms with Gasteiger partial charge in [0.2, 0.25) is 0 Å². The van der Waals surface area contributed by atoms with E-state index in [1.807, 2.05) is 6.92 Å². The average Bonchev–Trinajstić information content (AvgIpc) is 1.89. The second-order valence-electron chi connectivity index (χ2n) is 2.59. The van der Waals surface area contributed by atoms with E-state index < -0.39 is 5.97 Å². The standard InChI is InChI=1S/C8H16O2.Mn.2H/c1-3-5-6-7(4-2)8(9)10;;;/h7H,3-6H2,1-2H3,(H,9,10);;;. The first-order valence-electron chi connectivity index (χ1n) is 3.95. The molecule has 0 heterocycles. The van der Waals surface area contributed by atoms with E-state index in [1.54, 1.807) is 0 Å². The van der Waals surface area contributed by atoms with E-state index in [4.69, 9.17) is 5.11 Å². The maximum absolute atomic E-state index is 10.4. The third kappa shape index (κ3) is 6.39. The molecular weight excluding hydrogens is 183 g/mol. The molecule has 3 heteroatoms. The van der Waals surface area contributed by atoms with Gasteiger partial charge in [-0.1, -0.05) is 26.7 Å². The predicted molar refractivity (Wildman–Crippen MR) is 43.7 cm³/mol. The molecule has 2 nitrogen and oxygen atoms in total. The summed E-state index contributed by atoms with van der Waals surface area (Å²) < 4.78 is 0. The van der Waals surface area contributed by atoms with E-state index in [0.717, 1.165) is 25.7 Å². The molecule has 0 aliphatic heterocycles. The van der Waals surface area contributed by atoms with Crippen LogP contribution in [-0.4, -0.2) is 11.1 Å². The summed E-state index contributed by atoms with van der Waals surface area (Å²) in [6.07, 6.45) is 3.71. The SMILES string of the molecule is CCCCC(CC)C(=O)O.[MnH2]. The summed E-state index contributed by atoms with van der Waals surface area (Å²) in [5.41, 5.74) is 0. The second-order valence-corrected chi connectivity index (χ2v) is 2.59. The van der Waals surface area contributed by atoms with Crippen LogP contribution in [0, 0.1) is 5.92 Å². The van der Waals surface area contributed by atoms with Crippen LogP contribution in [0.4, 0.5) is 0 Å². The molecule has 0 spiro atoms. The molecule has 1 unspecified atom stereocenters. The van der Waals surface area contributed by atoms with Crippen LogP contribution >= 0.6 is 0 Å². The minimum absolute atomic E-state index is 0. The van der Waals surface area contributed by atoms with Crippen LogP contribution in [0.15, 0.2) is 0 Å². The van der Waals surface area contributed by atoms with Crippen LogP contribution in [0.5, 0.6) is 0 Å². The normalized spacial score (nSPS) is 11.8. The summed E-state index contributed by atoms with van der Waals surface area (Å²) in [7, 11) is 0. The molecule has 0 rings (SSSR count). The summed E-state index contributed by atoms with van der Waals surface area (Å²) in [5, 5.41) is 8.60. The van der Waals surface area contributed by atoms with E-state index >= 15 is 0 Å². The minimum atomic E-state index is -0.643. The van der Waals surface area contributed by atoms with Crippen molar-refractivity contribution in [2.24, 2.45) is 5.92 Å². The monoisotopic (exact) mass is 201 g/mol. The molecule has 69 valence electrons. The number of hydrogen-bond acceptors (Lipinski definition) is 1. The fraction of sp³-hybridized carbons (Fsp3) is 0.875. The first-order chi connectivity index (χ1) is 4.72. The molecule has 0 aliphatic carbocycles. The quantitative estimate of drug-likeness (QED) is 0.688. The third-order valence-corrected chi connectivity index (χ3v) is 1.75. The fourth-order valence-electron chi connectivity index (χ4n) is 0.953. The third-order valence-electron chi connectivity index (χ3n) is 1.75. The van der Waals surface area contributed by atoms with E-state index in [-0.39, 0.29) is 23.0 Å². The number of hydrogen-bond donors (Lipinski definition) is 1. The zero-order valence-corrected chi connectivity index (χ0v) is 8.61. The Morgan fingerprint density at radius 2 is 2.00 bits per heavy atom. The molecule has 0 saturated carbocycles. The molecule has 0 aromatic heterocycles. The summed E-state index contributed by atoms with van der Waals surface area (Å²) in [5.74, 6) is -0.754. The summed E-state index contributed by atoms with van der Waals surface area (Å²) in [6.45, 7) is 4.00. The summed E-state index contributed by atoms with van der Waals surface area (Å²) in [6, 6.07) is 0. The van der Waals surface area contributed by atoms with Crippen molar-refractivity contribution >= 4 is 5.97 Å². The molecule has 0 bridgehead atoms. The number of rotatable bonds is 5. The van der Waals surface area contributed by atoms with E-state index in [9.17, 15) is 4.79 Å². The van der Waals surface area contributed by atoms with Crippen molar-refractivity contribution in [3.8, 4) is 0 Å². The Morgan fingerprint density at radius 3 is 2.27 bits per heavy atom. The molecule has 11 heavy (non-hydrogen) atoms. The average molecular weight is 201 g/mol. The van der Waals surface area contributed by atoms with Crippen molar-refractivity contribution in [2.45, 2.75) is 39.5 Å².